The summed E-state index contributed by atoms with van der Waals surface area (Å²) >= 11 is 0. The van der Waals surface area contributed by atoms with Gasteiger partial charge in [-0.05, 0) is 30.3 Å². The van der Waals surface area contributed by atoms with E-state index in [9.17, 15) is 14.0 Å². The molecule has 1 amide bonds. The summed E-state index contributed by atoms with van der Waals surface area (Å²) in [6.07, 6.45) is 0.726. The highest BCUT2D eigenvalue weighted by atomic mass is 19.1. The van der Waals surface area contributed by atoms with Crippen molar-refractivity contribution in [3.8, 4) is 11.5 Å². The molecule has 0 unspecified atom stereocenters. The van der Waals surface area contributed by atoms with E-state index in [2.05, 4.69) is 10.1 Å². The van der Waals surface area contributed by atoms with Gasteiger partial charge in [0.25, 0.3) is 0 Å². The Morgan fingerprint density at radius 3 is 2.79 bits per heavy atom. The Morgan fingerprint density at radius 1 is 1.17 bits per heavy atom. The number of H-pyrrole nitrogens is 1. The van der Waals surface area contributed by atoms with E-state index in [-0.39, 0.29) is 18.3 Å². The molecule has 0 saturated carbocycles. The summed E-state index contributed by atoms with van der Waals surface area (Å²) in [7, 11) is 0. The lowest BCUT2D eigenvalue weighted by Crippen LogP contribution is -2.39. The van der Waals surface area contributed by atoms with E-state index in [1.165, 1.54) is 24.3 Å². The van der Waals surface area contributed by atoms with Gasteiger partial charge in [0.1, 0.15) is 12.4 Å². The number of nitrogens with zero attached hydrogens (tertiary/aromatic N) is 3. The van der Waals surface area contributed by atoms with E-state index in [0.717, 1.165) is 33.3 Å². The standard InChI is InChI=1S/C21H17FN4O3/c22-14-7-5-13(6-8-14)20-24-26(21(28)29-20)12-19(27)25-10-9-18-16(11-25)15-3-1-2-4-17(15)23-18/h1-8,23H,9-12H2. The van der Waals surface area contributed by atoms with Crippen molar-refractivity contribution >= 4 is 16.8 Å². The van der Waals surface area contributed by atoms with Gasteiger partial charge in [-0.1, -0.05) is 18.2 Å². The number of amides is 1. The summed E-state index contributed by atoms with van der Waals surface area (Å²) in [5.74, 6) is -1.27. The summed E-state index contributed by atoms with van der Waals surface area (Å²) in [5.41, 5.74) is 3.78. The maximum absolute atomic E-state index is 13.1. The minimum Gasteiger partial charge on any atom is -0.388 e. The molecule has 2 aromatic heterocycles. The lowest BCUT2D eigenvalue weighted by Gasteiger charge is -2.27. The van der Waals surface area contributed by atoms with E-state index in [1.807, 2.05) is 24.3 Å². The van der Waals surface area contributed by atoms with E-state index < -0.39 is 11.6 Å². The van der Waals surface area contributed by atoms with Gasteiger partial charge in [-0.15, -0.1) is 5.10 Å². The molecule has 146 valence electrons. The van der Waals surface area contributed by atoms with Crippen molar-refractivity contribution < 1.29 is 13.6 Å². The molecule has 1 aliphatic rings. The molecule has 0 fully saturated rings. The van der Waals surface area contributed by atoms with Crippen LogP contribution in [0.15, 0.2) is 57.7 Å². The number of aromatic nitrogens is 3. The topological polar surface area (TPSA) is 84.1 Å². The molecule has 0 atom stereocenters. The third-order valence-corrected chi connectivity index (χ3v) is 5.22. The van der Waals surface area contributed by atoms with Gasteiger partial charge in [0.2, 0.25) is 11.8 Å². The molecule has 3 heterocycles. The molecule has 0 saturated heterocycles. The number of carbonyl (C=O) groups excluding carboxylic acids is 1. The minimum atomic E-state index is -0.720. The highest BCUT2D eigenvalue weighted by Gasteiger charge is 2.25. The second-order valence-corrected chi connectivity index (χ2v) is 7.03. The zero-order valence-corrected chi connectivity index (χ0v) is 15.4. The zero-order valence-electron chi connectivity index (χ0n) is 15.4. The molecule has 8 heteroatoms. The predicted molar refractivity (Wildman–Crippen MR) is 104 cm³/mol. The SMILES string of the molecule is O=C(Cn1nc(-c2ccc(F)cc2)oc1=O)N1CCc2[nH]c3ccccc3c2C1. The number of nitrogens with one attached hydrogen (secondary N) is 1. The Hall–Kier alpha value is -3.68. The molecule has 1 N–H and O–H groups in total. The van der Waals surface area contributed by atoms with Gasteiger partial charge >= 0.3 is 5.76 Å². The van der Waals surface area contributed by atoms with Gasteiger partial charge in [-0.25, -0.2) is 9.18 Å². The van der Waals surface area contributed by atoms with Gasteiger partial charge in [-0.3, -0.25) is 4.79 Å². The fourth-order valence-corrected chi connectivity index (χ4v) is 3.72. The van der Waals surface area contributed by atoms with Crippen molar-refractivity contribution in [1.29, 1.82) is 0 Å². The van der Waals surface area contributed by atoms with Crippen molar-refractivity contribution in [3.05, 3.63) is 76.2 Å². The number of carbonyl (C=O) groups is 1. The minimum absolute atomic E-state index is 0.0559. The number of hydrogen-bond acceptors (Lipinski definition) is 4. The van der Waals surface area contributed by atoms with Gasteiger partial charge in [0, 0.05) is 47.2 Å². The molecule has 2 aromatic carbocycles. The predicted octanol–water partition coefficient (Wildman–Crippen LogP) is 2.71. The summed E-state index contributed by atoms with van der Waals surface area (Å²) in [5, 5.41) is 5.20. The van der Waals surface area contributed by atoms with Crippen LogP contribution in [0, 0.1) is 5.82 Å². The summed E-state index contributed by atoms with van der Waals surface area (Å²) in [6, 6.07) is 13.5. The number of para-hydroxylation sites is 1. The van der Waals surface area contributed by atoms with Crippen LogP contribution >= 0.6 is 0 Å². The Labute approximate surface area is 164 Å². The molecule has 29 heavy (non-hydrogen) atoms. The van der Waals surface area contributed by atoms with E-state index in [4.69, 9.17) is 4.42 Å². The van der Waals surface area contributed by atoms with Gasteiger partial charge < -0.3 is 14.3 Å². The van der Waals surface area contributed by atoms with E-state index in [0.29, 0.717) is 18.7 Å². The first-order valence-electron chi connectivity index (χ1n) is 9.28. The second kappa shape index (κ2) is 6.73. The monoisotopic (exact) mass is 392 g/mol. The van der Waals surface area contributed by atoms with Crippen LogP contribution in [0.25, 0.3) is 22.4 Å². The van der Waals surface area contributed by atoms with Gasteiger partial charge in [0.05, 0.1) is 0 Å². The van der Waals surface area contributed by atoms with Crippen molar-refractivity contribution in [3.63, 3.8) is 0 Å². The molecule has 1 aliphatic heterocycles. The molecule has 4 aromatic rings. The Morgan fingerprint density at radius 2 is 1.97 bits per heavy atom. The number of benzene rings is 2. The Bertz CT molecular complexity index is 1270. The molecule has 0 radical (unpaired) electrons. The summed E-state index contributed by atoms with van der Waals surface area (Å²) in [4.78, 5) is 30.1. The van der Waals surface area contributed by atoms with Gasteiger partial charge in [0.15, 0.2) is 0 Å². The quantitative estimate of drug-likeness (QED) is 0.581. The Kier molecular flexibility index (Phi) is 4.04. The fourth-order valence-electron chi connectivity index (χ4n) is 3.72. The van der Waals surface area contributed by atoms with Crippen molar-refractivity contribution in [2.24, 2.45) is 0 Å². The summed E-state index contributed by atoms with van der Waals surface area (Å²) in [6.45, 7) is 0.840. The van der Waals surface area contributed by atoms with Crippen LogP contribution in [0.5, 0.6) is 0 Å². The molecule has 7 nitrogen and oxygen atoms in total. The Balaban J connectivity index is 1.36. The largest absolute Gasteiger partial charge is 0.437 e. The van der Waals surface area contributed by atoms with Crippen LogP contribution < -0.4 is 5.76 Å². The first-order chi connectivity index (χ1) is 14.1. The number of aromatic amines is 1. The molecule has 0 spiro atoms. The van der Waals surface area contributed by atoms with E-state index >= 15 is 0 Å². The molecular weight excluding hydrogens is 375 g/mol. The van der Waals surface area contributed by atoms with Crippen LogP contribution in [-0.4, -0.2) is 32.1 Å². The average molecular weight is 392 g/mol. The molecule has 0 aliphatic carbocycles. The van der Waals surface area contributed by atoms with Crippen molar-refractivity contribution in [2.75, 3.05) is 6.54 Å². The number of halogens is 1. The zero-order chi connectivity index (χ0) is 20.0. The summed E-state index contributed by atoms with van der Waals surface area (Å²) < 4.78 is 19.2. The molecular formula is C21H17FN4O3. The van der Waals surface area contributed by atoms with Crippen LogP contribution in [-0.2, 0) is 24.3 Å². The maximum atomic E-state index is 13.1. The fraction of sp³-hybridized carbons (Fsp3) is 0.190. The van der Waals surface area contributed by atoms with Crippen LogP contribution in [0.4, 0.5) is 4.39 Å². The number of fused-ring (bicyclic) bond motifs is 3. The smallest absolute Gasteiger partial charge is 0.388 e. The number of rotatable bonds is 3. The lowest BCUT2D eigenvalue weighted by molar-refractivity contribution is -0.133. The van der Waals surface area contributed by atoms with Gasteiger partial charge in [-0.2, -0.15) is 4.68 Å². The third-order valence-electron chi connectivity index (χ3n) is 5.22. The first kappa shape index (κ1) is 17.4. The van der Waals surface area contributed by atoms with Crippen LogP contribution in [0.2, 0.25) is 0 Å². The second-order valence-electron chi connectivity index (χ2n) is 7.03. The molecule has 5 rings (SSSR count). The first-order valence-corrected chi connectivity index (χ1v) is 9.28. The maximum Gasteiger partial charge on any atom is 0.437 e. The third kappa shape index (κ3) is 3.12. The van der Waals surface area contributed by atoms with Crippen LogP contribution in [0.1, 0.15) is 11.3 Å². The van der Waals surface area contributed by atoms with Crippen molar-refractivity contribution in [2.45, 2.75) is 19.5 Å². The van der Waals surface area contributed by atoms with Crippen molar-refractivity contribution in [1.82, 2.24) is 19.7 Å². The van der Waals surface area contributed by atoms with Crippen LogP contribution in [0.3, 0.4) is 0 Å². The molecule has 0 bridgehead atoms. The highest BCUT2D eigenvalue weighted by Crippen LogP contribution is 2.27. The van der Waals surface area contributed by atoms with E-state index in [1.54, 1.807) is 4.90 Å². The lowest BCUT2D eigenvalue weighted by atomic mass is 10.0. The number of hydrogen-bond donors (Lipinski definition) is 1. The average Bonchev–Trinajstić information content (AvgIpc) is 3.28. The normalized spacial score (nSPS) is 13.6. The highest BCUT2D eigenvalue weighted by molar-refractivity contribution is 5.86.